The number of nitro benzene ring substituents is 1. The minimum Gasteiger partial charge on any atom is -0.393 e. The molecule has 1 fully saturated rings. The van der Waals surface area contributed by atoms with Crippen molar-refractivity contribution < 1.29 is 14.5 Å². The number of carbonyl (C=O) groups excluding carboxylic acids is 2. The van der Waals surface area contributed by atoms with E-state index in [-0.39, 0.29) is 17.9 Å². The van der Waals surface area contributed by atoms with Gasteiger partial charge in [-0.05, 0) is 11.6 Å². The van der Waals surface area contributed by atoms with Crippen molar-refractivity contribution in [1.82, 2.24) is 9.80 Å². The second-order valence-corrected chi connectivity index (χ2v) is 4.60. The fraction of sp³-hybridized carbons (Fsp3) is 0.333. The van der Waals surface area contributed by atoms with E-state index in [0.717, 1.165) is 0 Å². The number of nitrogens with zero attached hydrogens (tertiary/aromatic N) is 3. The van der Waals surface area contributed by atoms with Gasteiger partial charge in [0.25, 0.3) is 5.69 Å². The van der Waals surface area contributed by atoms with Gasteiger partial charge in [0, 0.05) is 32.7 Å². The van der Waals surface area contributed by atoms with Crippen LogP contribution in [0.4, 0.5) is 11.4 Å². The SMILES string of the molecule is CN1CCN(Cc2ccc(N)c([N+](=O)[O-])c2)C(=O)C1=O. The second kappa shape index (κ2) is 5.16. The van der Waals surface area contributed by atoms with Gasteiger partial charge in [-0.25, -0.2) is 0 Å². The molecule has 0 atom stereocenters. The van der Waals surface area contributed by atoms with Gasteiger partial charge in [-0.1, -0.05) is 6.07 Å². The Hall–Kier alpha value is -2.64. The maximum Gasteiger partial charge on any atom is 0.312 e. The Balaban J connectivity index is 2.18. The average molecular weight is 278 g/mol. The summed E-state index contributed by atoms with van der Waals surface area (Å²) in [7, 11) is 1.56. The zero-order chi connectivity index (χ0) is 14.9. The molecule has 0 bridgehead atoms. The molecular formula is C12H14N4O4. The van der Waals surface area contributed by atoms with Gasteiger partial charge in [0.05, 0.1) is 4.92 Å². The van der Waals surface area contributed by atoms with E-state index in [4.69, 9.17) is 5.73 Å². The number of nitro groups is 1. The van der Waals surface area contributed by atoms with E-state index >= 15 is 0 Å². The van der Waals surface area contributed by atoms with Crippen molar-refractivity contribution in [2.45, 2.75) is 6.54 Å². The summed E-state index contributed by atoms with van der Waals surface area (Å²) in [5, 5.41) is 10.8. The van der Waals surface area contributed by atoms with Crippen molar-refractivity contribution >= 4 is 23.2 Å². The minimum absolute atomic E-state index is 0.0690. The molecule has 1 saturated heterocycles. The number of amides is 2. The Kier molecular flexibility index (Phi) is 3.55. The lowest BCUT2D eigenvalue weighted by atomic mass is 10.1. The standard InChI is InChI=1S/C12H14N4O4/c1-14-4-5-15(12(18)11(14)17)7-8-2-3-9(13)10(6-8)16(19)20/h2-3,6H,4-5,7,13H2,1H3. The van der Waals surface area contributed by atoms with E-state index in [1.54, 1.807) is 13.1 Å². The Morgan fingerprint density at radius 3 is 2.65 bits per heavy atom. The highest BCUT2D eigenvalue weighted by Gasteiger charge is 2.30. The van der Waals surface area contributed by atoms with Gasteiger partial charge in [-0.15, -0.1) is 0 Å². The molecule has 1 heterocycles. The predicted octanol–water partition coefficient (Wildman–Crippen LogP) is -0.0224. The van der Waals surface area contributed by atoms with Crippen LogP contribution < -0.4 is 5.73 Å². The van der Waals surface area contributed by atoms with E-state index in [2.05, 4.69) is 0 Å². The largest absolute Gasteiger partial charge is 0.393 e. The van der Waals surface area contributed by atoms with Gasteiger partial charge in [-0.3, -0.25) is 19.7 Å². The van der Waals surface area contributed by atoms with Crippen molar-refractivity contribution in [2.24, 2.45) is 0 Å². The molecule has 0 spiro atoms. The summed E-state index contributed by atoms with van der Waals surface area (Å²) in [6.45, 7) is 1.00. The number of likely N-dealkylation sites (N-methyl/N-ethyl adjacent to an activating group) is 1. The Bertz CT molecular complexity index is 587. The van der Waals surface area contributed by atoms with E-state index in [1.807, 2.05) is 0 Å². The monoisotopic (exact) mass is 278 g/mol. The number of hydrogen-bond donors (Lipinski definition) is 1. The normalized spacial score (nSPS) is 15.7. The molecule has 1 aliphatic rings. The molecular weight excluding hydrogens is 264 g/mol. The first-order valence-corrected chi connectivity index (χ1v) is 5.97. The van der Waals surface area contributed by atoms with Crippen LogP contribution >= 0.6 is 0 Å². The van der Waals surface area contributed by atoms with Gasteiger partial charge in [0.1, 0.15) is 5.69 Å². The molecule has 20 heavy (non-hydrogen) atoms. The second-order valence-electron chi connectivity index (χ2n) is 4.60. The third kappa shape index (κ3) is 2.53. The molecule has 2 amide bonds. The van der Waals surface area contributed by atoms with E-state index in [0.29, 0.717) is 18.7 Å². The van der Waals surface area contributed by atoms with Crippen molar-refractivity contribution in [3.63, 3.8) is 0 Å². The molecule has 1 aliphatic heterocycles. The van der Waals surface area contributed by atoms with Crippen LogP contribution in [0.2, 0.25) is 0 Å². The quantitative estimate of drug-likeness (QED) is 0.361. The highest BCUT2D eigenvalue weighted by atomic mass is 16.6. The van der Waals surface area contributed by atoms with Crippen molar-refractivity contribution in [2.75, 3.05) is 25.9 Å². The van der Waals surface area contributed by atoms with E-state index in [1.165, 1.54) is 21.9 Å². The first kappa shape index (κ1) is 13.8. The Morgan fingerprint density at radius 1 is 1.30 bits per heavy atom. The van der Waals surface area contributed by atoms with Crippen molar-refractivity contribution in [1.29, 1.82) is 0 Å². The first-order valence-electron chi connectivity index (χ1n) is 5.97. The molecule has 1 aromatic carbocycles. The molecule has 2 rings (SSSR count). The molecule has 8 heteroatoms. The summed E-state index contributed by atoms with van der Waals surface area (Å²) in [6.07, 6.45) is 0. The summed E-state index contributed by atoms with van der Waals surface area (Å²) in [4.78, 5) is 36.3. The molecule has 0 aliphatic carbocycles. The van der Waals surface area contributed by atoms with E-state index < -0.39 is 16.7 Å². The highest BCUT2D eigenvalue weighted by Crippen LogP contribution is 2.23. The zero-order valence-electron chi connectivity index (χ0n) is 10.9. The highest BCUT2D eigenvalue weighted by molar-refractivity contribution is 6.35. The summed E-state index contributed by atoms with van der Waals surface area (Å²) in [5.74, 6) is -1.17. The smallest absolute Gasteiger partial charge is 0.312 e. The fourth-order valence-corrected chi connectivity index (χ4v) is 1.99. The first-order chi connectivity index (χ1) is 9.40. The molecule has 1 aromatic rings. The molecule has 106 valence electrons. The third-order valence-corrected chi connectivity index (χ3v) is 3.19. The van der Waals surface area contributed by atoms with Crippen molar-refractivity contribution in [3.05, 3.63) is 33.9 Å². The van der Waals surface area contributed by atoms with Gasteiger partial charge in [0.2, 0.25) is 0 Å². The number of nitrogens with two attached hydrogens (primary N) is 1. The van der Waals surface area contributed by atoms with Gasteiger partial charge in [0.15, 0.2) is 0 Å². The van der Waals surface area contributed by atoms with Crippen LogP contribution in [0.25, 0.3) is 0 Å². The predicted molar refractivity (Wildman–Crippen MR) is 70.6 cm³/mol. The molecule has 0 aromatic heterocycles. The lowest BCUT2D eigenvalue weighted by Crippen LogP contribution is -2.52. The lowest BCUT2D eigenvalue weighted by molar-refractivity contribution is -0.384. The summed E-state index contributed by atoms with van der Waals surface area (Å²) in [6, 6.07) is 4.36. The summed E-state index contributed by atoms with van der Waals surface area (Å²) >= 11 is 0. The maximum absolute atomic E-state index is 11.8. The lowest BCUT2D eigenvalue weighted by Gasteiger charge is -2.31. The van der Waals surface area contributed by atoms with E-state index in [9.17, 15) is 19.7 Å². The minimum atomic E-state index is -0.599. The molecule has 2 N–H and O–H groups in total. The summed E-state index contributed by atoms with van der Waals surface area (Å²) in [5.41, 5.74) is 5.94. The third-order valence-electron chi connectivity index (χ3n) is 3.19. The van der Waals surface area contributed by atoms with Gasteiger partial charge in [-0.2, -0.15) is 0 Å². The molecule has 0 radical (unpaired) electrons. The molecule has 8 nitrogen and oxygen atoms in total. The number of hydrogen-bond acceptors (Lipinski definition) is 5. The number of piperazine rings is 1. The number of nitrogen functional groups attached to an aromatic ring is 1. The Labute approximate surface area is 114 Å². The topological polar surface area (TPSA) is 110 Å². The maximum atomic E-state index is 11.8. The zero-order valence-corrected chi connectivity index (χ0v) is 10.9. The van der Waals surface area contributed by atoms with Gasteiger partial charge < -0.3 is 15.5 Å². The number of benzene rings is 1. The Morgan fingerprint density at radius 2 is 2.00 bits per heavy atom. The van der Waals surface area contributed by atoms with Crippen LogP contribution in [0.3, 0.4) is 0 Å². The number of anilines is 1. The van der Waals surface area contributed by atoms with Crippen molar-refractivity contribution in [3.8, 4) is 0 Å². The van der Waals surface area contributed by atoms with Crippen LogP contribution in [0.15, 0.2) is 18.2 Å². The van der Waals surface area contributed by atoms with Gasteiger partial charge >= 0.3 is 11.8 Å². The van der Waals surface area contributed by atoms with Crippen LogP contribution in [-0.4, -0.2) is 46.7 Å². The molecule has 0 saturated carbocycles. The average Bonchev–Trinajstić information content (AvgIpc) is 2.41. The summed E-state index contributed by atoms with van der Waals surface area (Å²) < 4.78 is 0. The van der Waals surface area contributed by atoms with Crippen LogP contribution in [0.5, 0.6) is 0 Å². The number of carbonyl (C=O) groups is 2. The van der Waals surface area contributed by atoms with Crippen LogP contribution in [-0.2, 0) is 16.1 Å². The molecule has 0 unspecified atom stereocenters. The fourth-order valence-electron chi connectivity index (χ4n) is 1.99. The number of rotatable bonds is 3. The van der Waals surface area contributed by atoms with Crippen LogP contribution in [0, 0.1) is 10.1 Å². The van der Waals surface area contributed by atoms with Crippen LogP contribution in [0.1, 0.15) is 5.56 Å².